The van der Waals surface area contributed by atoms with Crippen LogP contribution >= 0.6 is 0 Å². The van der Waals surface area contributed by atoms with E-state index in [1.165, 1.54) is 0 Å². The van der Waals surface area contributed by atoms with E-state index in [4.69, 9.17) is 4.74 Å². The van der Waals surface area contributed by atoms with Crippen molar-refractivity contribution in [2.75, 3.05) is 24.7 Å². The van der Waals surface area contributed by atoms with Crippen molar-refractivity contribution in [1.29, 1.82) is 0 Å². The highest BCUT2D eigenvalue weighted by Crippen LogP contribution is 2.35. The molecule has 8 nitrogen and oxygen atoms in total. The van der Waals surface area contributed by atoms with Gasteiger partial charge in [-0.1, -0.05) is 0 Å². The Bertz CT molecular complexity index is 963. The van der Waals surface area contributed by atoms with Crippen molar-refractivity contribution in [3.8, 4) is 0 Å². The number of ether oxygens (including phenoxy) is 1. The van der Waals surface area contributed by atoms with Gasteiger partial charge in [0.2, 0.25) is 0 Å². The SMILES string of the molecule is CC1(NC(=O)c2ccc3n[nH]c(C4(O)CCOCC4)c3c2)CS(=O)(=O)C1. The van der Waals surface area contributed by atoms with Gasteiger partial charge in [0, 0.05) is 37.0 Å². The highest BCUT2D eigenvalue weighted by atomic mass is 32.2. The number of aromatic nitrogens is 2. The number of aliphatic hydroxyl groups is 1. The van der Waals surface area contributed by atoms with Crippen molar-refractivity contribution in [3.05, 3.63) is 29.5 Å². The number of sulfone groups is 1. The van der Waals surface area contributed by atoms with Gasteiger partial charge in [0.15, 0.2) is 9.84 Å². The number of amides is 1. The Balaban J connectivity index is 1.63. The van der Waals surface area contributed by atoms with Crippen molar-refractivity contribution in [2.45, 2.75) is 30.9 Å². The molecule has 2 fully saturated rings. The molecule has 0 saturated carbocycles. The molecule has 2 aliphatic heterocycles. The van der Waals surface area contributed by atoms with Crippen LogP contribution in [0.25, 0.3) is 10.9 Å². The predicted molar refractivity (Wildman–Crippen MR) is 94.6 cm³/mol. The van der Waals surface area contributed by atoms with Crippen molar-refractivity contribution >= 4 is 26.6 Å². The zero-order valence-corrected chi connectivity index (χ0v) is 15.2. The minimum atomic E-state index is -3.05. The van der Waals surface area contributed by atoms with Crippen LogP contribution in [-0.4, -0.2) is 59.9 Å². The van der Waals surface area contributed by atoms with Crippen molar-refractivity contribution < 1.29 is 23.1 Å². The molecule has 140 valence electrons. The van der Waals surface area contributed by atoms with Gasteiger partial charge in [-0.2, -0.15) is 5.10 Å². The first kappa shape index (κ1) is 17.4. The molecular formula is C17H21N3O5S. The monoisotopic (exact) mass is 379 g/mol. The molecule has 2 saturated heterocycles. The maximum absolute atomic E-state index is 12.6. The Labute approximate surface area is 150 Å². The summed E-state index contributed by atoms with van der Waals surface area (Å²) in [6.07, 6.45) is 0.910. The normalized spacial score (nSPS) is 23.3. The number of nitrogens with one attached hydrogen (secondary N) is 2. The largest absolute Gasteiger partial charge is 0.383 e. The first-order valence-corrected chi connectivity index (χ1v) is 10.3. The zero-order valence-electron chi connectivity index (χ0n) is 14.4. The van der Waals surface area contributed by atoms with E-state index in [2.05, 4.69) is 15.5 Å². The number of H-pyrrole nitrogens is 1. The summed E-state index contributed by atoms with van der Waals surface area (Å²) in [5.41, 5.74) is -0.141. The van der Waals surface area contributed by atoms with Crippen LogP contribution in [0.1, 0.15) is 35.8 Å². The minimum absolute atomic E-state index is 0.0509. The van der Waals surface area contributed by atoms with Gasteiger partial charge in [0.25, 0.3) is 5.91 Å². The third kappa shape index (κ3) is 3.00. The summed E-state index contributed by atoms with van der Waals surface area (Å²) in [6.45, 7) is 2.65. The number of hydrogen-bond acceptors (Lipinski definition) is 6. The molecule has 3 N–H and O–H groups in total. The lowest BCUT2D eigenvalue weighted by atomic mass is 9.88. The summed E-state index contributed by atoms with van der Waals surface area (Å²) in [5.74, 6) is -0.439. The van der Waals surface area contributed by atoms with Crippen molar-refractivity contribution in [2.24, 2.45) is 0 Å². The number of benzene rings is 1. The maximum atomic E-state index is 12.6. The fraction of sp³-hybridized carbons (Fsp3) is 0.529. The predicted octanol–water partition coefficient (Wildman–Crippen LogP) is 0.478. The standard InChI is InChI=1S/C17H21N3O5S/c1-16(9-26(23,24)10-16)18-15(21)11-2-3-13-12(8-11)14(20-19-13)17(22)4-6-25-7-5-17/h2-3,8,22H,4-7,9-10H2,1H3,(H,18,21)(H,19,20). The Morgan fingerprint density at radius 3 is 2.65 bits per heavy atom. The molecule has 1 aromatic heterocycles. The highest BCUT2D eigenvalue weighted by Gasteiger charge is 2.45. The first-order chi connectivity index (χ1) is 12.2. The van der Waals surface area contributed by atoms with E-state index < -0.39 is 21.0 Å². The van der Waals surface area contributed by atoms with E-state index in [1.54, 1.807) is 25.1 Å². The number of aromatic amines is 1. The third-order valence-electron chi connectivity index (χ3n) is 5.09. The van der Waals surface area contributed by atoms with Crippen LogP contribution in [0.4, 0.5) is 0 Å². The van der Waals surface area contributed by atoms with Crippen LogP contribution in [-0.2, 0) is 20.2 Å². The van der Waals surface area contributed by atoms with E-state index in [1.807, 2.05) is 0 Å². The average molecular weight is 379 g/mol. The molecule has 0 unspecified atom stereocenters. The molecule has 1 aromatic carbocycles. The summed E-state index contributed by atoms with van der Waals surface area (Å²) < 4.78 is 28.1. The third-order valence-corrected chi connectivity index (χ3v) is 7.25. The lowest BCUT2D eigenvalue weighted by molar-refractivity contribution is -0.0696. The molecule has 0 bridgehead atoms. The van der Waals surface area contributed by atoms with Crippen LogP contribution < -0.4 is 5.32 Å². The molecule has 2 aliphatic rings. The van der Waals surface area contributed by atoms with Gasteiger partial charge < -0.3 is 15.2 Å². The molecule has 1 amide bonds. The molecule has 0 radical (unpaired) electrons. The van der Waals surface area contributed by atoms with E-state index >= 15 is 0 Å². The van der Waals surface area contributed by atoms with Gasteiger partial charge in [0.05, 0.1) is 28.3 Å². The van der Waals surface area contributed by atoms with Crippen LogP contribution in [0.5, 0.6) is 0 Å². The number of nitrogens with zero attached hydrogens (tertiary/aromatic N) is 1. The van der Waals surface area contributed by atoms with E-state index in [0.29, 0.717) is 48.2 Å². The molecule has 0 atom stereocenters. The lowest BCUT2D eigenvalue weighted by Crippen LogP contribution is -2.63. The fourth-order valence-corrected chi connectivity index (χ4v) is 5.81. The Kier molecular flexibility index (Phi) is 3.87. The molecule has 26 heavy (non-hydrogen) atoms. The summed E-state index contributed by atoms with van der Waals surface area (Å²) in [5, 5.41) is 21.5. The number of carbonyl (C=O) groups excluding carboxylic acids is 1. The topological polar surface area (TPSA) is 121 Å². The molecule has 0 spiro atoms. The van der Waals surface area contributed by atoms with Crippen molar-refractivity contribution in [3.63, 3.8) is 0 Å². The molecule has 2 aromatic rings. The van der Waals surface area contributed by atoms with Gasteiger partial charge in [-0.15, -0.1) is 0 Å². The number of rotatable bonds is 3. The summed E-state index contributed by atoms with van der Waals surface area (Å²) >= 11 is 0. The quantitative estimate of drug-likeness (QED) is 0.713. The fourth-order valence-electron chi connectivity index (χ4n) is 3.81. The zero-order chi connectivity index (χ0) is 18.6. The number of hydrogen-bond donors (Lipinski definition) is 3. The average Bonchev–Trinajstić information content (AvgIpc) is 2.97. The highest BCUT2D eigenvalue weighted by molar-refractivity contribution is 7.93. The van der Waals surface area contributed by atoms with Crippen LogP contribution in [0.2, 0.25) is 0 Å². The Morgan fingerprint density at radius 1 is 1.31 bits per heavy atom. The van der Waals surface area contributed by atoms with Gasteiger partial charge in [-0.3, -0.25) is 9.89 Å². The first-order valence-electron chi connectivity index (χ1n) is 8.52. The van der Waals surface area contributed by atoms with Crippen LogP contribution in [0.15, 0.2) is 18.2 Å². The second-order valence-electron chi connectivity index (χ2n) is 7.52. The number of carbonyl (C=O) groups is 1. The van der Waals surface area contributed by atoms with E-state index in [-0.39, 0.29) is 17.4 Å². The van der Waals surface area contributed by atoms with Gasteiger partial charge in [-0.05, 0) is 25.1 Å². The smallest absolute Gasteiger partial charge is 0.251 e. The lowest BCUT2D eigenvalue weighted by Gasteiger charge is -2.38. The van der Waals surface area contributed by atoms with Crippen LogP contribution in [0.3, 0.4) is 0 Å². The Morgan fingerprint density at radius 2 is 2.00 bits per heavy atom. The molecule has 9 heteroatoms. The van der Waals surface area contributed by atoms with E-state index in [9.17, 15) is 18.3 Å². The van der Waals surface area contributed by atoms with Crippen molar-refractivity contribution in [1.82, 2.24) is 15.5 Å². The van der Waals surface area contributed by atoms with Gasteiger partial charge >= 0.3 is 0 Å². The maximum Gasteiger partial charge on any atom is 0.251 e. The molecular weight excluding hydrogens is 358 g/mol. The summed E-state index contributed by atoms with van der Waals surface area (Å²) in [4.78, 5) is 12.6. The van der Waals surface area contributed by atoms with Gasteiger partial charge in [-0.25, -0.2) is 8.42 Å². The second-order valence-corrected chi connectivity index (χ2v) is 9.59. The van der Waals surface area contributed by atoms with Crippen LogP contribution in [0, 0.1) is 0 Å². The summed E-state index contributed by atoms with van der Waals surface area (Å²) in [7, 11) is -3.05. The molecule has 3 heterocycles. The molecule has 4 rings (SSSR count). The minimum Gasteiger partial charge on any atom is -0.383 e. The van der Waals surface area contributed by atoms with Gasteiger partial charge in [0.1, 0.15) is 5.60 Å². The van der Waals surface area contributed by atoms with E-state index in [0.717, 1.165) is 0 Å². The summed E-state index contributed by atoms with van der Waals surface area (Å²) in [6, 6.07) is 5.05. The number of fused-ring (bicyclic) bond motifs is 1. The second kappa shape index (κ2) is 5.77. The molecule has 0 aliphatic carbocycles. The Hall–Kier alpha value is -1.97.